The number of amides is 1. The van der Waals surface area contributed by atoms with Crippen molar-refractivity contribution in [2.75, 3.05) is 0 Å². The molecule has 1 aliphatic rings. The van der Waals surface area contributed by atoms with Crippen LogP contribution in [0.4, 0.5) is 5.69 Å². The first-order valence-corrected chi connectivity index (χ1v) is 11.1. The van der Waals surface area contributed by atoms with Gasteiger partial charge in [0.05, 0.1) is 10.6 Å². The van der Waals surface area contributed by atoms with E-state index in [0.717, 1.165) is 29.0 Å². The fourth-order valence-electron chi connectivity index (χ4n) is 2.96. The summed E-state index contributed by atoms with van der Waals surface area (Å²) in [6, 6.07) is 23.2. The lowest BCUT2D eigenvalue weighted by Gasteiger charge is -2.06. The number of aliphatic imine (C=N–C) groups is 1. The highest BCUT2D eigenvalue weighted by Crippen LogP contribution is 2.28. The van der Waals surface area contributed by atoms with Crippen LogP contribution in [0.25, 0.3) is 6.08 Å². The van der Waals surface area contributed by atoms with E-state index in [-0.39, 0.29) is 5.91 Å². The number of carbonyl (C=O) groups is 1. The van der Waals surface area contributed by atoms with Crippen molar-refractivity contribution >= 4 is 46.2 Å². The van der Waals surface area contributed by atoms with Crippen molar-refractivity contribution in [1.82, 2.24) is 5.32 Å². The number of benzene rings is 3. The minimum absolute atomic E-state index is 0.142. The summed E-state index contributed by atoms with van der Waals surface area (Å²) in [5.41, 5.74) is 4.05. The van der Waals surface area contributed by atoms with Crippen LogP contribution in [-0.4, -0.2) is 11.1 Å². The summed E-state index contributed by atoms with van der Waals surface area (Å²) in [7, 11) is 0. The van der Waals surface area contributed by atoms with Gasteiger partial charge in [0.2, 0.25) is 0 Å². The fraction of sp³-hybridized carbons (Fsp3) is 0.120. The third kappa shape index (κ3) is 5.78. The number of nitrogens with zero attached hydrogens (tertiary/aromatic N) is 1. The number of halogens is 1. The number of rotatable bonds is 6. The van der Waals surface area contributed by atoms with E-state index >= 15 is 0 Å². The number of ether oxygens (including phenoxy) is 1. The highest BCUT2D eigenvalue weighted by atomic mass is 35.5. The number of aryl methyl sites for hydroxylation is 1. The maximum Gasteiger partial charge on any atom is 0.264 e. The Labute approximate surface area is 191 Å². The molecule has 1 N–H and O–H groups in total. The Morgan fingerprint density at radius 1 is 0.968 bits per heavy atom. The van der Waals surface area contributed by atoms with Crippen LogP contribution < -0.4 is 10.1 Å². The van der Waals surface area contributed by atoms with E-state index in [1.165, 1.54) is 17.3 Å². The standard InChI is InChI=1S/C25H21ClN2O2S/c1-2-17-5-11-21(12-6-17)27-25-28-24(29)23(31-25)15-18-7-13-22(14-8-18)30-16-19-3-9-20(26)10-4-19/h3-15H,2,16H2,1H3,(H,27,28,29). The summed E-state index contributed by atoms with van der Waals surface area (Å²) in [5, 5.41) is 4.12. The van der Waals surface area contributed by atoms with Crippen LogP contribution in [0.1, 0.15) is 23.6 Å². The Bertz CT molecular complexity index is 1120. The predicted octanol–water partition coefficient (Wildman–Crippen LogP) is 6.37. The molecule has 6 heteroatoms. The molecule has 3 aromatic carbocycles. The Balaban J connectivity index is 1.39. The highest BCUT2D eigenvalue weighted by molar-refractivity contribution is 8.18. The average molecular weight is 449 g/mol. The zero-order valence-corrected chi connectivity index (χ0v) is 18.5. The number of thioether (sulfide) groups is 1. The van der Waals surface area contributed by atoms with Gasteiger partial charge in [-0.1, -0.05) is 54.9 Å². The fourth-order valence-corrected chi connectivity index (χ4v) is 3.93. The molecule has 0 saturated carbocycles. The summed E-state index contributed by atoms with van der Waals surface area (Å²) in [6.07, 6.45) is 2.84. The summed E-state index contributed by atoms with van der Waals surface area (Å²) in [4.78, 5) is 17.5. The lowest BCUT2D eigenvalue weighted by atomic mass is 10.2. The van der Waals surface area contributed by atoms with E-state index in [0.29, 0.717) is 21.7 Å². The number of amidine groups is 1. The first-order valence-electron chi connectivity index (χ1n) is 9.95. The average Bonchev–Trinajstić information content (AvgIpc) is 3.13. The number of hydrogen-bond acceptors (Lipinski definition) is 4. The monoisotopic (exact) mass is 448 g/mol. The van der Waals surface area contributed by atoms with Crippen LogP contribution in [0.15, 0.2) is 82.7 Å². The second-order valence-corrected chi connectivity index (χ2v) is 8.45. The molecule has 4 rings (SSSR count). The Hall–Kier alpha value is -3.02. The van der Waals surface area contributed by atoms with Crippen molar-refractivity contribution in [2.24, 2.45) is 4.99 Å². The lowest BCUT2D eigenvalue weighted by Crippen LogP contribution is -2.19. The van der Waals surface area contributed by atoms with Gasteiger partial charge in [0, 0.05) is 5.02 Å². The first kappa shape index (κ1) is 21.2. The van der Waals surface area contributed by atoms with Gasteiger partial charge in [-0.15, -0.1) is 0 Å². The molecule has 0 aliphatic carbocycles. The van der Waals surface area contributed by atoms with Crippen LogP contribution in [0.5, 0.6) is 5.75 Å². The van der Waals surface area contributed by atoms with Crippen LogP contribution in [0, 0.1) is 0 Å². The van der Waals surface area contributed by atoms with Gasteiger partial charge in [-0.25, -0.2) is 4.99 Å². The third-order valence-corrected chi connectivity index (χ3v) is 5.88. The molecule has 3 aromatic rings. The maximum absolute atomic E-state index is 12.3. The SMILES string of the molecule is CCc1ccc(N=C2NC(=O)C(=Cc3ccc(OCc4ccc(Cl)cc4)cc3)S2)cc1. The molecule has 0 bridgehead atoms. The second kappa shape index (κ2) is 9.86. The molecule has 156 valence electrons. The summed E-state index contributed by atoms with van der Waals surface area (Å²) < 4.78 is 5.81. The van der Waals surface area contributed by atoms with Gasteiger partial charge in [-0.05, 0) is 77.3 Å². The van der Waals surface area contributed by atoms with Crippen molar-refractivity contribution in [3.63, 3.8) is 0 Å². The van der Waals surface area contributed by atoms with Crippen LogP contribution in [0.3, 0.4) is 0 Å². The molecular weight excluding hydrogens is 428 g/mol. The van der Waals surface area contributed by atoms with E-state index in [1.54, 1.807) is 0 Å². The second-order valence-electron chi connectivity index (χ2n) is 6.99. The largest absolute Gasteiger partial charge is 0.489 e. The Kier molecular flexibility index (Phi) is 6.75. The number of nitrogens with one attached hydrogen (secondary N) is 1. The van der Waals surface area contributed by atoms with Crippen molar-refractivity contribution < 1.29 is 9.53 Å². The minimum atomic E-state index is -0.142. The maximum atomic E-state index is 12.3. The molecule has 0 radical (unpaired) electrons. The molecular formula is C25H21ClN2O2S. The van der Waals surface area contributed by atoms with Gasteiger partial charge >= 0.3 is 0 Å². The first-order chi connectivity index (χ1) is 15.1. The van der Waals surface area contributed by atoms with Gasteiger partial charge in [0.1, 0.15) is 12.4 Å². The van der Waals surface area contributed by atoms with E-state index in [2.05, 4.69) is 17.2 Å². The zero-order valence-electron chi connectivity index (χ0n) is 17.0. The summed E-state index contributed by atoms with van der Waals surface area (Å²) >= 11 is 7.24. The Morgan fingerprint density at radius 3 is 2.32 bits per heavy atom. The van der Waals surface area contributed by atoms with E-state index in [9.17, 15) is 4.79 Å². The van der Waals surface area contributed by atoms with Crippen LogP contribution >= 0.6 is 23.4 Å². The van der Waals surface area contributed by atoms with Crippen molar-refractivity contribution in [2.45, 2.75) is 20.0 Å². The molecule has 4 nitrogen and oxygen atoms in total. The normalized spacial score (nSPS) is 16.0. The predicted molar refractivity (Wildman–Crippen MR) is 129 cm³/mol. The summed E-state index contributed by atoms with van der Waals surface area (Å²) in [6.45, 7) is 2.58. The van der Waals surface area contributed by atoms with Gasteiger partial charge in [-0.3, -0.25) is 4.79 Å². The molecule has 1 fully saturated rings. The zero-order chi connectivity index (χ0) is 21.6. The van der Waals surface area contributed by atoms with Gasteiger partial charge < -0.3 is 10.1 Å². The number of hydrogen-bond donors (Lipinski definition) is 1. The van der Waals surface area contributed by atoms with Gasteiger partial charge in [0.15, 0.2) is 5.17 Å². The molecule has 31 heavy (non-hydrogen) atoms. The smallest absolute Gasteiger partial charge is 0.264 e. The van der Waals surface area contributed by atoms with E-state index in [4.69, 9.17) is 16.3 Å². The lowest BCUT2D eigenvalue weighted by molar-refractivity contribution is -0.115. The van der Waals surface area contributed by atoms with E-state index in [1.807, 2.05) is 78.9 Å². The highest BCUT2D eigenvalue weighted by Gasteiger charge is 2.23. The summed E-state index contributed by atoms with van der Waals surface area (Å²) in [5.74, 6) is 0.621. The molecule has 1 saturated heterocycles. The minimum Gasteiger partial charge on any atom is -0.489 e. The van der Waals surface area contributed by atoms with Crippen molar-refractivity contribution in [3.8, 4) is 5.75 Å². The van der Waals surface area contributed by atoms with E-state index < -0.39 is 0 Å². The van der Waals surface area contributed by atoms with Crippen molar-refractivity contribution in [3.05, 3.63) is 99.4 Å². The molecule has 0 aromatic heterocycles. The third-order valence-electron chi connectivity index (χ3n) is 4.72. The molecule has 1 heterocycles. The molecule has 0 spiro atoms. The Morgan fingerprint density at radius 2 is 1.65 bits per heavy atom. The van der Waals surface area contributed by atoms with Crippen molar-refractivity contribution in [1.29, 1.82) is 0 Å². The van der Waals surface area contributed by atoms with Crippen LogP contribution in [-0.2, 0) is 17.8 Å². The quantitative estimate of drug-likeness (QED) is 0.445. The molecule has 1 amide bonds. The molecule has 0 unspecified atom stereocenters. The van der Waals surface area contributed by atoms with Gasteiger partial charge in [-0.2, -0.15) is 0 Å². The molecule has 0 atom stereocenters. The van der Waals surface area contributed by atoms with Gasteiger partial charge in [0.25, 0.3) is 5.91 Å². The topological polar surface area (TPSA) is 50.7 Å². The number of carbonyl (C=O) groups excluding carboxylic acids is 1. The molecule has 1 aliphatic heterocycles. The van der Waals surface area contributed by atoms with Crippen LogP contribution in [0.2, 0.25) is 5.02 Å².